The van der Waals surface area contributed by atoms with Gasteiger partial charge in [0.1, 0.15) is 0 Å². The van der Waals surface area contributed by atoms with Gasteiger partial charge in [-0.25, -0.2) is 9.78 Å². The van der Waals surface area contributed by atoms with E-state index < -0.39 is 5.60 Å². The van der Waals surface area contributed by atoms with Gasteiger partial charge in [0.2, 0.25) is 0 Å². The van der Waals surface area contributed by atoms with Crippen LogP contribution < -0.4 is 0 Å². The maximum Gasteiger partial charge on any atom is 0.0952 e. The summed E-state index contributed by atoms with van der Waals surface area (Å²) in [6.45, 7) is 47.3. The highest BCUT2D eigenvalue weighted by molar-refractivity contribution is 4.66. The lowest BCUT2D eigenvalue weighted by Crippen LogP contribution is -2.27. The Labute approximate surface area is 411 Å². The number of rotatable bonds is 33. The first-order valence-corrected chi connectivity index (χ1v) is 29.0. The van der Waals surface area contributed by atoms with Crippen molar-refractivity contribution >= 4 is 0 Å². The average Bonchev–Trinajstić information content (AvgIpc) is 3.21. The molecule has 5 atom stereocenters. The van der Waals surface area contributed by atoms with E-state index in [1.807, 2.05) is 41.5 Å². The van der Waals surface area contributed by atoms with Crippen LogP contribution in [0.2, 0.25) is 0 Å². The molecular weight excluding hydrogens is 781 g/mol. The van der Waals surface area contributed by atoms with Crippen LogP contribution >= 0.6 is 0 Å². The fourth-order valence-corrected chi connectivity index (χ4v) is 7.22. The average molecular weight is 916 g/mol. The quantitative estimate of drug-likeness (QED) is 0.0405. The Balaban J connectivity index is -0.000000162. The van der Waals surface area contributed by atoms with E-state index >= 15 is 0 Å². The van der Waals surface area contributed by atoms with Crippen LogP contribution in [0.4, 0.5) is 0 Å². The molecule has 3 heteroatoms. The fraction of sp³-hybridized carbons (Fsp3) is 1.00. The third kappa shape index (κ3) is 85.2. The minimum absolute atomic E-state index is 0.215. The summed E-state index contributed by atoms with van der Waals surface area (Å²) in [6, 6.07) is 0. The molecule has 0 heterocycles. The first-order valence-electron chi connectivity index (χ1n) is 29.0. The predicted molar refractivity (Wildman–Crippen MR) is 298 cm³/mol. The van der Waals surface area contributed by atoms with Gasteiger partial charge in [-0.3, -0.25) is 0 Å². The van der Waals surface area contributed by atoms with Crippen LogP contribution in [0.5, 0.6) is 0 Å². The molecule has 0 rings (SSSR count). The summed E-state index contributed by atoms with van der Waals surface area (Å²) in [6.07, 6.45) is 44.0. The Morgan fingerprint density at radius 3 is 0.828 bits per heavy atom. The first-order chi connectivity index (χ1) is 29.9. The number of hydrogen-bond donors (Lipinski definition) is 1. The Hall–Kier alpha value is -0.120. The smallest absolute Gasteiger partial charge is 0.0952 e. The lowest BCUT2D eigenvalue weighted by Gasteiger charge is -2.24. The Kier molecular flexibility index (Phi) is 65.4. The topological polar surface area (TPSA) is 38.7 Å². The number of unbranched alkanes of at least 4 members (excludes halogenated alkanes) is 17. The lowest BCUT2D eigenvalue weighted by atomic mass is 9.84. The summed E-state index contributed by atoms with van der Waals surface area (Å²) in [5.41, 5.74) is -0.930. The highest BCUT2D eigenvalue weighted by atomic mass is 17.2. The van der Waals surface area contributed by atoms with E-state index in [9.17, 15) is 0 Å². The second-order valence-electron chi connectivity index (χ2n) is 23.2. The summed E-state index contributed by atoms with van der Waals surface area (Å²) in [4.78, 5) is 10.2. The van der Waals surface area contributed by atoms with Crippen molar-refractivity contribution in [1.82, 2.24) is 0 Å². The van der Waals surface area contributed by atoms with Gasteiger partial charge in [0.15, 0.2) is 0 Å². The molecule has 0 bridgehead atoms. The third-order valence-electron chi connectivity index (χ3n) is 11.9. The zero-order chi connectivity index (χ0) is 50.7. The van der Waals surface area contributed by atoms with Gasteiger partial charge in [0.05, 0.1) is 16.8 Å². The van der Waals surface area contributed by atoms with Crippen LogP contribution in [0.15, 0.2) is 0 Å². The molecule has 0 amide bonds. The minimum atomic E-state index is -0.500. The van der Waals surface area contributed by atoms with Crippen LogP contribution in [-0.4, -0.2) is 21.9 Å². The Bertz CT molecular complexity index is 749. The lowest BCUT2D eigenvalue weighted by molar-refractivity contribution is -0.393. The molecule has 0 fully saturated rings. The highest BCUT2D eigenvalue weighted by Gasteiger charge is 2.18. The molecule has 1 N–H and O–H groups in total. The van der Waals surface area contributed by atoms with E-state index in [1.165, 1.54) is 199 Å². The molecule has 64 heavy (non-hydrogen) atoms. The second kappa shape index (κ2) is 55.5. The summed E-state index contributed by atoms with van der Waals surface area (Å²) >= 11 is 0. The van der Waals surface area contributed by atoms with Gasteiger partial charge < -0.3 is 5.11 Å². The zero-order valence-corrected chi connectivity index (χ0v) is 49.6. The molecule has 0 saturated carbocycles. The zero-order valence-electron chi connectivity index (χ0n) is 49.6. The molecule has 5 unspecified atom stereocenters. The monoisotopic (exact) mass is 915 g/mol. The van der Waals surface area contributed by atoms with E-state index in [1.54, 1.807) is 20.8 Å². The van der Waals surface area contributed by atoms with Crippen LogP contribution in [0, 0.1) is 29.6 Å². The standard InChI is InChI=1S/3C14H30.C8H18O2.C7H16.C4H10O/c1-5-7-9-11-13(3)14(4)12-10-8-6-2;1-5-8-10-11-13(4)14(7-3)12-9-6-2;1-4-6-8-9-11-13-14(3)12-10-7-5-2;1-7(2,3)9-10-8(4,5)6;1-3-5-7-6-4-2;1-4(2,3)5/h2*13-14H,5-12H2,1-4H3;14H,4-13H2,1-3H3;1-6H3;3-7H2,1-2H3;5H,1-3H3. The van der Waals surface area contributed by atoms with E-state index in [0.717, 1.165) is 29.6 Å². The van der Waals surface area contributed by atoms with E-state index in [0.29, 0.717) is 0 Å². The van der Waals surface area contributed by atoms with Crippen molar-refractivity contribution in [3.05, 3.63) is 0 Å². The third-order valence-corrected chi connectivity index (χ3v) is 11.9. The molecule has 0 radical (unpaired) electrons. The van der Waals surface area contributed by atoms with Gasteiger partial charge in [0.25, 0.3) is 0 Å². The van der Waals surface area contributed by atoms with Crippen LogP contribution in [0.25, 0.3) is 0 Å². The van der Waals surface area contributed by atoms with Crippen LogP contribution in [-0.2, 0) is 9.78 Å². The first kappa shape index (κ1) is 75.4. The van der Waals surface area contributed by atoms with Crippen molar-refractivity contribution < 1.29 is 14.9 Å². The van der Waals surface area contributed by atoms with Crippen molar-refractivity contribution in [2.45, 2.75) is 368 Å². The van der Waals surface area contributed by atoms with Crippen LogP contribution in [0.1, 0.15) is 351 Å². The summed E-state index contributed by atoms with van der Waals surface area (Å²) < 4.78 is 0. The molecule has 396 valence electrons. The molecule has 0 aliphatic heterocycles. The fourth-order valence-electron chi connectivity index (χ4n) is 7.22. The molecule has 0 aliphatic rings. The van der Waals surface area contributed by atoms with Crippen molar-refractivity contribution in [3.63, 3.8) is 0 Å². The largest absolute Gasteiger partial charge is 0.391 e. The van der Waals surface area contributed by atoms with E-state index in [4.69, 9.17) is 14.9 Å². The summed E-state index contributed by atoms with van der Waals surface area (Å²) in [7, 11) is 0. The van der Waals surface area contributed by atoms with Gasteiger partial charge >= 0.3 is 0 Å². The van der Waals surface area contributed by atoms with E-state index in [-0.39, 0.29) is 11.2 Å². The molecule has 3 nitrogen and oxygen atoms in total. The SMILES string of the molecule is CC(C)(C)O.CC(C)(C)OOC(C)(C)C.CCCCCC(C)C(C)CCCCC.CCCCCC(C)C(CC)CCCC.CCCCCCC.CCCCCCCC(C)CCCCC. The molecule has 0 saturated heterocycles. The van der Waals surface area contributed by atoms with Crippen molar-refractivity contribution in [1.29, 1.82) is 0 Å². The van der Waals surface area contributed by atoms with Crippen LogP contribution in [0.3, 0.4) is 0 Å². The highest BCUT2D eigenvalue weighted by Crippen LogP contribution is 2.27. The Morgan fingerprint density at radius 2 is 0.547 bits per heavy atom. The van der Waals surface area contributed by atoms with Gasteiger partial charge in [-0.2, -0.15) is 0 Å². The van der Waals surface area contributed by atoms with Crippen molar-refractivity contribution in [3.8, 4) is 0 Å². The maximum absolute atomic E-state index is 8.52. The van der Waals surface area contributed by atoms with Gasteiger partial charge in [-0.05, 0) is 91.9 Å². The summed E-state index contributed by atoms with van der Waals surface area (Å²) in [5, 5.41) is 8.52. The van der Waals surface area contributed by atoms with Gasteiger partial charge in [-0.15, -0.1) is 0 Å². The normalized spacial score (nSPS) is 13.7. The second-order valence-corrected chi connectivity index (χ2v) is 23.2. The Morgan fingerprint density at radius 1 is 0.312 bits per heavy atom. The van der Waals surface area contributed by atoms with Crippen molar-refractivity contribution in [2.24, 2.45) is 29.6 Å². The molecule has 0 aromatic rings. The molecule has 0 aromatic heterocycles. The minimum Gasteiger partial charge on any atom is -0.391 e. The molecule has 0 aromatic carbocycles. The molecule has 0 spiro atoms. The predicted octanol–water partition coefficient (Wildman–Crippen LogP) is 22.7. The maximum atomic E-state index is 8.52. The van der Waals surface area contributed by atoms with Crippen molar-refractivity contribution in [2.75, 3.05) is 0 Å². The number of hydrogen-bond acceptors (Lipinski definition) is 3. The summed E-state index contributed by atoms with van der Waals surface area (Å²) in [5.74, 6) is 4.81. The van der Waals surface area contributed by atoms with Gasteiger partial charge in [-0.1, -0.05) is 289 Å². The molecule has 0 aliphatic carbocycles. The number of aliphatic hydroxyl groups is 1. The van der Waals surface area contributed by atoms with Gasteiger partial charge in [0, 0.05) is 0 Å². The molecular formula is C61H134O3. The van der Waals surface area contributed by atoms with E-state index in [2.05, 4.69) is 90.0 Å².